The van der Waals surface area contributed by atoms with Crippen LogP contribution in [0, 0.1) is 12.8 Å². The van der Waals surface area contributed by atoms with Crippen molar-refractivity contribution in [1.29, 1.82) is 0 Å². The van der Waals surface area contributed by atoms with Gasteiger partial charge < -0.3 is 9.47 Å². The van der Waals surface area contributed by atoms with E-state index in [1.54, 1.807) is 12.1 Å². The fraction of sp³-hybridized carbons (Fsp3) is 0.500. The van der Waals surface area contributed by atoms with Gasteiger partial charge in [0.25, 0.3) is 0 Å². The van der Waals surface area contributed by atoms with Gasteiger partial charge in [0.05, 0.1) is 11.7 Å². The molecule has 1 aromatic rings. The number of hydrogen-bond acceptors (Lipinski definition) is 3. The van der Waals surface area contributed by atoms with Crippen molar-refractivity contribution in [3.8, 4) is 0 Å². The molecule has 1 unspecified atom stereocenters. The molecule has 1 saturated heterocycles. The number of hydrogen-bond donors (Lipinski definition) is 0. The van der Waals surface area contributed by atoms with Gasteiger partial charge in [-0.15, -0.1) is 0 Å². The van der Waals surface area contributed by atoms with Gasteiger partial charge in [-0.1, -0.05) is 24.6 Å². The SMILES string of the molecule is Cc1ccc(C(=O)OCC2C[C@H](C)CO2)cc1. The van der Waals surface area contributed by atoms with Crippen LogP contribution >= 0.6 is 0 Å². The minimum atomic E-state index is -0.270. The highest BCUT2D eigenvalue weighted by atomic mass is 16.6. The smallest absolute Gasteiger partial charge is 0.338 e. The van der Waals surface area contributed by atoms with Crippen LogP contribution in [0.4, 0.5) is 0 Å². The molecule has 0 aliphatic carbocycles. The van der Waals surface area contributed by atoms with Gasteiger partial charge in [-0.3, -0.25) is 0 Å². The molecule has 0 N–H and O–H groups in total. The van der Waals surface area contributed by atoms with E-state index in [0.717, 1.165) is 18.6 Å². The second-order valence-electron chi connectivity index (χ2n) is 4.76. The topological polar surface area (TPSA) is 35.5 Å². The predicted molar refractivity (Wildman–Crippen MR) is 65.0 cm³/mol. The summed E-state index contributed by atoms with van der Waals surface area (Å²) >= 11 is 0. The van der Waals surface area contributed by atoms with E-state index in [0.29, 0.717) is 18.1 Å². The van der Waals surface area contributed by atoms with E-state index < -0.39 is 0 Å². The van der Waals surface area contributed by atoms with Gasteiger partial charge in [-0.2, -0.15) is 0 Å². The van der Waals surface area contributed by atoms with Gasteiger partial charge in [0.1, 0.15) is 6.61 Å². The highest BCUT2D eigenvalue weighted by molar-refractivity contribution is 5.89. The quantitative estimate of drug-likeness (QED) is 0.754. The fourth-order valence-electron chi connectivity index (χ4n) is 1.94. The molecule has 1 aliphatic heterocycles. The second-order valence-corrected chi connectivity index (χ2v) is 4.76. The van der Waals surface area contributed by atoms with Gasteiger partial charge in [-0.25, -0.2) is 4.79 Å². The Morgan fingerprint density at radius 1 is 1.41 bits per heavy atom. The van der Waals surface area contributed by atoms with Crippen LogP contribution in [-0.4, -0.2) is 25.3 Å². The van der Waals surface area contributed by atoms with Crippen LogP contribution < -0.4 is 0 Å². The lowest BCUT2D eigenvalue weighted by atomic mass is 10.1. The molecule has 0 saturated carbocycles. The summed E-state index contributed by atoms with van der Waals surface area (Å²) in [6.07, 6.45) is 1.04. The van der Waals surface area contributed by atoms with Crippen LogP contribution in [0.3, 0.4) is 0 Å². The van der Waals surface area contributed by atoms with Crippen LogP contribution in [0.25, 0.3) is 0 Å². The molecule has 1 heterocycles. The molecule has 1 aliphatic rings. The number of carbonyl (C=O) groups excluding carboxylic acids is 1. The number of esters is 1. The van der Waals surface area contributed by atoms with Crippen LogP contribution in [0.2, 0.25) is 0 Å². The Labute approximate surface area is 102 Å². The zero-order valence-corrected chi connectivity index (χ0v) is 10.3. The summed E-state index contributed by atoms with van der Waals surface area (Å²) in [6.45, 7) is 5.26. The van der Waals surface area contributed by atoms with Crippen molar-refractivity contribution in [3.63, 3.8) is 0 Å². The summed E-state index contributed by atoms with van der Waals surface area (Å²) in [7, 11) is 0. The molecule has 1 aromatic carbocycles. The Balaban J connectivity index is 1.83. The first-order chi connectivity index (χ1) is 8.15. The van der Waals surface area contributed by atoms with E-state index in [1.807, 2.05) is 19.1 Å². The lowest BCUT2D eigenvalue weighted by molar-refractivity contribution is 0.0158. The first-order valence-electron chi connectivity index (χ1n) is 6.00. The molecule has 0 bridgehead atoms. The summed E-state index contributed by atoms with van der Waals surface area (Å²) in [5, 5.41) is 0. The first kappa shape index (κ1) is 12.1. The van der Waals surface area contributed by atoms with Gasteiger partial charge in [-0.05, 0) is 31.4 Å². The van der Waals surface area contributed by atoms with E-state index in [4.69, 9.17) is 9.47 Å². The van der Waals surface area contributed by atoms with Crippen LogP contribution in [0.1, 0.15) is 29.3 Å². The van der Waals surface area contributed by atoms with Crippen LogP contribution in [-0.2, 0) is 9.47 Å². The Morgan fingerprint density at radius 3 is 2.71 bits per heavy atom. The Morgan fingerprint density at radius 2 is 2.12 bits per heavy atom. The van der Waals surface area contributed by atoms with E-state index in [2.05, 4.69) is 6.92 Å². The second kappa shape index (κ2) is 5.32. The Hall–Kier alpha value is -1.35. The van der Waals surface area contributed by atoms with Gasteiger partial charge in [0.2, 0.25) is 0 Å². The Bertz CT molecular complexity index is 383. The molecule has 0 spiro atoms. The largest absolute Gasteiger partial charge is 0.459 e. The van der Waals surface area contributed by atoms with Crippen molar-refractivity contribution in [1.82, 2.24) is 0 Å². The third-order valence-corrected chi connectivity index (χ3v) is 2.97. The molecule has 0 amide bonds. The van der Waals surface area contributed by atoms with E-state index in [1.165, 1.54) is 0 Å². The van der Waals surface area contributed by atoms with Crippen LogP contribution in [0.5, 0.6) is 0 Å². The molecule has 2 rings (SSSR count). The lowest BCUT2D eigenvalue weighted by Gasteiger charge is -2.10. The highest BCUT2D eigenvalue weighted by Crippen LogP contribution is 2.19. The van der Waals surface area contributed by atoms with E-state index in [9.17, 15) is 4.79 Å². The summed E-state index contributed by atoms with van der Waals surface area (Å²) < 4.78 is 10.7. The number of aryl methyl sites for hydroxylation is 1. The minimum absolute atomic E-state index is 0.0689. The number of benzene rings is 1. The number of rotatable bonds is 3. The predicted octanol–water partition coefficient (Wildman–Crippen LogP) is 2.58. The maximum atomic E-state index is 11.7. The normalized spacial score (nSPS) is 23.6. The van der Waals surface area contributed by atoms with Crippen molar-refractivity contribution >= 4 is 5.97 Å². The van der Waals surface area contributed by atoms with Crippen molar-refractivity contribution < 1.29 is 14.3 Å². The maximum absolute atomic E-state index is 11.7. The average Bonchev–Trinajstić information content (AvgIpc) is 2.73. The molecule has 0 radical (unpaired) electrons. The average molecular weight is 234 g/mol. The third kappa shape index (κ3) is 3.30. The first-order valence-corrected chi connectivity index (χ1v) is 6.00. The van der Waals surface area contributed by atoms with Crippen molar-refractivity contribution in [2.24, 2.45) is 5.92 Å². The van der Waals surface area contributed by atoms with Crippen molar-refractivity contribution in [3.05, 3.63) is 35.4 Å². The van der Waals surface area contributed by atoms with Crippen molar-refractivity contribution in [2.75, 3.05) is 13.2 Å². The van der Waals surface area contributed by atoms with E-state index in [-0.39, 0.29) is 12.1 Å². The fourth-order valence-corrected chi connectivity index (χ4v) is 1.94. The third-order valence-electron chi connectivity index (χ3n) is 2.97. The zero-order valence-electron chi connectivity index (χ0n) is 10.3. The lowest BCUT2D eigenvalue weighted by Crippen LogP contribution is -2.18. The molecule has 3 heteroatoms. The summed E-state index contributed by atoms with van der Waals surface area (Å²) in [6, 6.07) is 7.39. The van der Waals surface area contributed by atoms with Gasteiger partial charge >= 0.3 is 5.97 Å². The molecule has 17 heavy (non-hydrogen) atoms. The molecular weight excluding hydrogens is 216 g/mol. The molecule has 2 atom stereocenters. The molecular formula is C14H18O3. The van der Waals surface area contributed by atoms with E-state index >= 15 is 0 Å². The Kier molecular flexibility index (Phi) is 3.79. The standard InChI is InChI=1S/C14H18O3/c1-10-3-5-12(6-4-10)14(15)17-9-13-7-11(2)8-16-13/h3-6,11,13H,7-9H2,1-2H3/t11-,13?/m0/s1. The molecule has 0 aromatic heterocycles. The number of carbonyl (C=O) groups is 1. The molecule has 1 fully saturated rings. The van der Waals surface area contributed by atoms with Gasteiger partial charge in [0, 0.05) is 6.61 Å². The summed E-state index contributed by atoms with van der Waals surface area (Å²) in [4.78, 5) is 11.7. The monoisotopic (exact) mass is 234 g/mol. The molecule has 3 nitrogen and oxygen atoms in total. The highest BCUT2D eigenvalue weighted by Gasteiger charge is 2.23. The maximum Gasteiger partial charge on any atom is 0.338 e. The zero-order chi connectivity index (χ0) is 12.3. The van der Waals surface area contributed by atoms with Gasteiger partial charge in [0.15, 0.2) is 0 Å². The number of ether oxygens (including phenoxy) is 2. The molecule has 92 valence electrons. The van der Waals surface area contributed by atoms with Crippen molar-refractivity contribution in [2.45, 2.75) is 26.4 Å². The summed E-state index contributed by atoms with van der Waals surface area (Å²) in [5.74, 6) is 0.297. The minimum Gasteiger partial charge on any atom is -0.459 e. The van der Waals surface area contributed by atoms with Crippen LogP contribution in [0.15, 0.2) is 24.3 Å². The summed E-state index contributed by atoms with van der Waals surface area (Å²) in [5.41, 5.74) is 1.73.